The molecular weight excluding hydrogens is 268 g/mol. The smallest absolute Gasteiger partial charge is 0.269 e. The first-order valence-electron chi connectivity index (χ1n) is 6.73. The Kier molecular flexibility index (Phi) is 4.55. The zero-order valence-corrected chi connectivity index (χ0v) is 12.0. The fraction of sp³-hybridized carbons (Fsp3) is 0.250. The molecule has 0 amide bonds. The van der Waals surface area contributed by atoms with Gasteiger partial charge in [-0.1, -0.05) is 29.8 Å². The molecule has 0 aromatic heterocycles. The lowest BCUT2D eigenvalue weighted by Crippen LogP contribution is -2.18. The summed E-state index contributed by atoms with van der Waals surface area (Å²) >= 11 is 0. The fourth-order valence-corrected chi connectivity index (χ4v) is 2.18. The van der Waals surface area contributed by atoms with Crippen molar-refractivity contribution in [2.45, 2.75) is 26.4 Å². The monoisotopic (exact) mass is 286 g/mol. The number of aromatic hydroxyl groups is 1. The number of phenols is 1. The molecule has 0 aliphatic heterocycles. The van der Waals surface area contributed by atoms with Crippen molar-refractivity contribution in [3.63, 3.8) is 0 Å². The molecule has 0 saturated heterocycles. The lowest BCUT2D eigenvalue weighted by atomic mass is 10.0. The van der Waals surface area contributed by atoms with Gasteiger partial charge in [0.05, 0.1) is 4.92 Å². The van der Waals surface area contributed by atoms with E-state index >= 15 is 0 Å². The highest BCUT2D eigenvalue weighted by molar-refractivity contribution is 5.38. The molecule has 0 radical (unpaired) electrons. The van der Waals surface area contributed by atoms with Crippen LogP contribution >= 0.6 is 0 Å². The maximum Gasteiger partial charge on any atom is 0.269 e. The average Bonchev–Trinajstić information content (AvgIpc) is 2.47. The van der Waals surface area contributed by atoms with Crippen LogP contribution in [0.1, 0.15) is 29.7 Å². The molecule has 110 valence electrons. The Morgan fingerprint density at radius 3 is 2.76 bits per heavy atom. The van der Waals surface area contributed by atoms with Crippen molar-refractivity contribution in [1.29, 1.82) is 0 Å². The highest BCUT2D eigenvalue weighted by Gasteiger charge is 2.11. The van der Waals surface area contributed by atoms with Gasteiger partial charge in [-0.2, -0.15) is 0 Å². The van der Waals surface area contributed by atoms with Gasteiger partial charge in [-0.3, -0.25) is 10.1 Å². The predicted octanol–water partition coefficient (Wildman–Crippen LogP) is 3.46. The van der Waals surface area contributed by atoms with Crippen molar-refractivity contribution in [1.82, 2.24) is 5.32 Å². The average molecular weight is 286 g/mol. The predicted molar refractivity (Wildman–Crippen MR) is 81.2 cm³/mol. The van der Waals surface area contributed by atoms with Gasteiger partial charge in [-0.05, 0) is 25.5 Å². The van der Waals surface area contributed by atoms with E-state index in [0.717, 1.165) is 16.7 Å². The Labute approximate surface area is 123 Å². The Balaban J connectivity index is 2.07. The zero-order valence-electron chi connectivity index (χ0n) is 12.0. The standard InChI is InChI=1S/C16H18N2O3/c1-11-6-7-16(19)15(8-11)12(2)17-10-13-4-3-5-14(9-13)18(20)21/h3-9,12,17,19H,10H2,1-2H3. The van der Waals surface area contributed by atoms with E-state index in [1.807, 2.05) is 32.0 Å². The van der Waals surface area contributed by atoms with E-state index in [1.165, 1.54) is 6.07 Å². The summed E-state index contributed by atoms with van der Waals surface area (Å²) in [5.74, 6) is 0.250. The third-order valence-corrected chi connectivity index (χ3v) is 3.38. The second-order valence-electron chi connectivity index (χ2n) is 5.09. The number of nitrogens with one attached hydrogen (secondary N) is 1. The Bertz CT molecular complexity index is 656. The maximum absolute atomic E-state index is 10.7. The number of phenolic OH excluding ortho intramolecular Hbond substituents is 1. The minimum Gasteiger partial charge on any atom is -0.508 e. The molecule has 2 aromatic rings. The summed E-state index contributed by atoms with van der Waals surface area (Å²) in [5.41, 5.74) is 2.82. The van der Waals surface area contributed by atoms with Crippen LogP contribution in [0.4, 0.5) is 5.69 Å². The molecule has 0 bridgehead atoms. The fourth-order valence-electron chi connectivity index (χ4n) is 2.18. The van der Waals surface area contributed by atoms with E-state index in [-0.39, 0.29) is 17.5 Å². The molecule has 21 heavy (non-hydrogen) atoms. The Morgan fingerprint density at radius 2 is 2.05 bits per heavy atom. The topological polar surface area (TPSA) is 75.4 Å². The third kappa shape index (κ3) is 3.79. The minimum atomic E-state index is -0.403. The molecule has 2 rings (SSSR count). The molecule has 2 aromatic carbocycles. The van der Waals surface area contributed by atoms with Crippen LogP contribution in [0.2, 0.25) is 0 Å². The zero-order chi connectivity index (χ0) is 15.4. The van der Waals surface area contributed by atoms with E-state index in [1.54, 1.807) is 18.2 Å². The number of nitro groups is 1. The number of nitro benzene ring substituents is 1. The van der Waals surface area contributed by atoms with Gasteiger partial charge in [0.1, 0.15) is 5.75 Å². The van der Waals surface area contributed by atoms with Crippen LogP contribution in [0.25, 0.3) is 0 Å². The van der Waals surface area contributed by atoms with Gasteiger partial charge in [0, 0.05) is 30.3 Å². The van der Waals surface area contributed by atoms with Crippen LogP contribution in [-0.2, 0) is 6.54 Å². The molecule has 0 aliphatic carbocycles. The summed E-state index contributed by atoms with van der Waals surface area (Å²) < 4.78 is 0. The number of non-ortho nitro benzene ring substituents is 1. The molecule has 0 saturated carbocycles. The summed E-state index contributed by atoms with van der Waals surface area (Å²) in [5, 5.41) is 23.9. The number of hydrogen-bond donors (Lipinski definition) is 2. The largest absolute Gasteiger partial charge is 0.508 e. The molecule has 5 heteroatoms. The summed E-state index contributed by atoms with van der Waals surface area (Å²) in [4.78, 5) is 10.3. The van der Waals surface area contributed by atoms with Gasteiger partial charge in [0.15, 0.2) is 0 Å². The second kappa shape index (κ2) is 6.37. The van der Waals surface area contributed by atoms with Gasteiger partial charge in [-0.15, -0.1) is 0 Å². The Morgan fingerprint density at radius 1 is 1.29 bits per heavy atom. The molecule has 1 unspecified atom stereocenters. The first-order chi connectivity index (χ1) is 9.97. The number of hydrogen-bond acceptors (Lipinski definition) is 4. The summed E-state index contributed by atoms with van der Waals surface area (Å²) in [6, 6.07) is 11.9. The van der Waals surface area contributed by atoms with Crippen LogP contribution < -0.4 is 5.32 Å². The second-order valence-corrected chi connectivity index (χ2v) is 5.09. The van der Waals surface area contributed by atoms with E-state index < -0.39 is 4.92 Å². The quantitative estimate of drug-likeness (QED) is 0.652. The van der Waals surface area contributed by atoms with Gasteiger partial charge in [-0.25, -0.2) is 0 Å². The van der Waals surface area contributed by atoms with Gasteiger partial charge in [0.25, 0.3) is 5.69 Å². The molecule has 0 fully saturated rings. The number of benzene rings is 2. The molecule has 5 nitrogen and oxygen atoms in total. The summed E-state index contributed by atoms with van der Waals surface area (Å²) in [6.45, 7) is 4.41. The molecule has 1 atom stereocenters. The number of rotatable bonds is 5. The van der Waals surface area contributed by atoms with Crippen molar-refractivity contribution >= 4 is 5.69 Å². The van der Waals surface area contributed by atoms with Gasteiger partial charge >= 0.3 is 0 Å². The SMILES string of the molecule is Cc1ccc(O)c(C(C)NCc2cccc([N+](=O)[O-])c2)c1. The molecule has 2 N–H and O–H groups in total. The third-order valence-electron chi connectivity index (χ3n) is 3.38. The van der Waals surface area contributed by atoms with Crippen LogP contribution in [0.5, 0.6) is 5.75 Å². The summed E-state index contributed by atoms with van der Waals surface area (Å²) in [6.07, 6.45) is 0. The molecule has 0 heterocycles. The van der Waals surface area contributed by atoms with Crippen molar-refractivity contribution in [2.24, 2.45) is 0 Å². The van der Waals surface area contributed by atoms with E-state index in [4.69, 9.17) is 0 Å². The van der Waals surface area contributed by atoms with Crippen molar-refractivity contribution < 1.29 is 10.0 Å². The lowest BCUT2D eigenvalue weighted by molar-refractivity contribution is -0.384. The number of aryl methyl sites for hydroxylation is 1. The van der Waals surface area contributed by atoms with Crippen molar-refractivity contribution in [3.05, 3.63) is 69.3 Å². The number of nitrogens with zero attached hydrogens (tertiary/aromatic N) is 1. The van der Waals surface area contributed by atoms with Crippen molar-refractivity contribution in [2.75, 3.05) is 0 Å². The van der Waals surface area contributed by atoms with Gasteiger partial charge in [0.2, 0.25) is 0 Å². The van der Waals surface area contributed by atoms with Crippen LogP contribution in [0.3, 0.4) is 0 Å². The Hall–Kier alpha value is -2.40. The van der Waals surface area contributed by atoms with E-state index in [2.05, 4.69) is 5.32 Å². The first-order valence-corrected chi connectivity index (χ1v) is 6.73. The van der Waals surface area contributed by atoms with Crippen LogP contribution in [0.15, 0.2) is 42.5 Å². The summed E-state index contributed by atoms with van der Waals surface area (Å²) in [7, 11) is 0. The van der Waals surface area contributed by atoms with E-state index in [0.29, 0.717) is 6.54 Å². The van der Waals surface area contributed by atoms with Crippen LogP contribution in [0, 0.1) is 17.0 Å². The van der Waals surface area contributed by atoms with E-state index in [9.17, 15) is 15.2 Å². The maximum atomic E-state index is 10.7. The molecule has 0 spiro atoms. The molecule has 0 aliphatic rings. The first kappa shape index (κ1) is 15.0. The van der Waals surface area contributed by atoms with Crippen LogP contribution in [-0.4, -0.2) is 10.0 Å². The lowest BCUT2D eigenvalue weighted by Gasteiger charge is -2.16. The normalized spacial score (nSPS) is 12.1. The van der Waals surface area contributed by atoms with Gasteiger partial charge < -0.3 is 10.4 Å². The highest BCUT2D eigenvalue weighted by atomic mass is 16.6. The molecular formula is C16H18N2O3. The van der Waals surface area contributed by atoms with Crippen molar-refractivity contribution in [3.8, 4) is 5.75 Å². The highest BCUT2D eigenvalue weighted by Crippen LogP contribution is 2.25. The minimum absolute atomic E-state index is 0.0517.